The number of nitrogens with two attached hydrogens (primary N) is 1. The van der Waals surface area contributed by atoms with Crippen molar-refractivity contribution in [2.24, 2.45) is 0 Å². The first-order valence-electron chi connectivity index (χ1n) is 4.72. The molecular formula is C12H10N2O2. The minimum atomic E-state index is -0.944. The Morgan fingerprint density at radius 1 is 1.19 bits per heavy atom. The molecule has 2 aromatic rings. The van der Waals surface area contributed by atoms with Gasteiger partial charge in [-0.25, -0.2) is 4.79 Å². The number of aromatic carboxylic acids is 1. The highest BCUT2D eigenvalue weighted by Gasteiger charge is 2.05. The van der Waals surface area contributed by atoms with Crippen molar-refractivity contribution >= 4 is 11.7 Å². The third-order valence-corrected chi connectivity index (χ3v) is 2.24. The summed E-state index contributed by atoms with van der Waals surface area (Å²) in [5.74, 6) is -0.944. The minimum Gasteiger partial charge on any atom is -0.478 e. The minimum absolute atomic E-state index is 0.248. The van der Waals surface area contributed by atoms with Gasteiger partial charge in [0.05, 0.1) is 16.9 Å². The van der Waals surface area contributed by atoms with Crippen molar-refractivity contribution in [1.82, 2.24) is 4.98 Å². The summed E-state index contributed by atoms with van der Waals surface area (Å²) in [5.41, 5.74) is 8.07. The lowest BCUT2D eigenvalue weighted by Gasteiger charge is -2.04. The van der Waals surface area contributed by atoms with Crippen molar-refractivity contribution in [1.29, 1.82) is 0 Å². The number of hydrogen-bond donors (Lipinski definition) is 2. The molecule has 1 aromatic carbocycles. The van der Waals surface area contributed by atoms with Crippen LogP contribution in [0.5, 0.6) is 0 Å². The first-order chi connectivity index (χ1) is 7.68. The van der Waals surface area contributed by atoms with Crippen LogP contribution in [0.2, 0.25) is 0 Å². The van der Waals surface area contributed by atoms with Crippen LogP contribution in [0.15, 0.2) is 42.6 Å². The second-order valence-electron chi connectivity index (χ2n) is 3.32. The van der Waals surface area contributed by atoms with Crippen molar-refractivity contribution in [3.8, 4) is 11.3 Å². The van der Waals surface area contributed by atoms with E-state index in [1.807, 2.05) is 0 Å². The molecule has 4 heteroatoms. The molecule has 0 radical (unpaired) electrons. The molecule has 2 rings (SSSR count). The number of carboxylic acid groups (broad SMARTS) is 1. The zero-order valence-electron chi connectivity index (χ0n) is 8.42. The summed E-state index contributed by atoms with van der Waals surface area (Å²) in [6, 6.07) is 9.97. The zero-order chi connectivity index (χ0) is 11.5. The van der Waals surface area contributed by atoms with Gasteiger partial charge in [0.1, 0.15) is 0 Å². The van der Waals surface area contributed by atoms with Crippen LogP contribution >= 0.6 is 0 Å². The standard InChI is InChI=1S/C12H10N2O2/c13-10-2-1-7-14-11(10)8-3-5-9(6-4-8)12(15)16/h1-7H,13H2,(H,15,16). The van der Waals surface area contributed by atoms with Crippen LogP contribution in [-0.2, 0) is 0 Å². The van der Waals surface area contributed by atoms with Gasteiger partial charge in [-0.05, 0) is 24.3 Å². The van der Waals surface area contributed by atoms with Crippen LogP contribution in [-0.4, -0.2) is 16.1 Å². The lowest BCUT2D eigenvalue weighted by atomic mass is 10.1. The molecule has 0 amide bonds. The maximum absolute atomic E-state index is 10.7. The first-order valence-corrected chi connectivity index (χ1v) is 4.72. The number of carboxylic acids is 1. The molecule has 80 valence electrons. The van der Waals surface area contributed by atoms with E-state index in [1.54, 1.807) is 30.5 Å². The topological polar surface area (TPSA) is 76.2 Å². The summed E-state index contributed by atoms with van der Waals surface area (Å²) in [4.78, 5) is 14.8. The van der Waals surface area contributed by atoms with E-state index in [2.05, 4.69) is 4.98 Å². The maximum atomic E-state index is 10.7. The Morgan fingerprint density at radius 2 is 1.88 bits per heavy atom. The van der Waals surface area contributed by atoms with E-state index in [-0.39, 0.29) is 5.56 Å². The van der Waals surface area contributed by atoms with E-state index in [0.717, 1.165) is 5.56 Å². The number of nitrogens with zero attached hydrogens (tertiary/aromatic N) is 1. The predicted octanol–water partition coefficient (Wildman–Crippen LogP) is 2.03. The van der Waals surface area contributed by atoms with Crippen LogP contribution in [0, 0.1) is 0 Å². The highest BCUT2D eigenvalue weighted by Crippen LogP contribution is 2.22. The maximum Gasteiger partial charge on any atom is 0.335 e. The molecular weight excluding hydrogens is 204 g/mol. The molecule has 0 bridgehead atoms. The SMILES string of the molecule is Nc1cccnc1-c1ccc(C(=O)O)cc1. The average Bonchev–Trinajstić information content (AvgIpc) is 2.30. The Morgan fingerprint density at radius 3 is 2.44 bits per heavy atom. The van der Waals surface area contributed by atoms with Gasteiger partial charge >= 0.3 is 5.97 Å². The average molecular weight is 214 g/mol. The van der Waals surface area contributed by atoms with Gasteiger partial charge in [0.2, 0.25) is 0 Å². The molecule has 1 heterocycles. The Balaban J connectivity index is 2.43. The van der Waals surface area contributed by atoms with Crippen LogP contribution < -0.4 is 5.73 Å². The molecule has 1 aromatic heterocycles. The predicted molar refractivity (Wildman–Crippen MR) is 61.0 cm³/mol. The molecule has 0 atom stereocenters. The van der Waals surface area contributed by atoms with Crippen molar-refractivity contribution in [2.45, 2.75) is 0 Å². The fraction of sp³-hybridized carbons (Fsp3) is 0. The van der Waals surface area contributed by atoms with Gasteiger partial charge < -0.3 is 10.8 Å². The molecule has 0 saturated heterocycles. The van der Waals surface area contributed by atoms with Gasteiger partial charge in [-0.1, -0.05) is 12.1 Å². The van der Waals surface area contributed by atoms with Crippen molar-refractivity contribution in [2.75, 3.05) is 5.73 Å². The second kappa shape index (κ2) is 4.02. The van der Waals surface area contributed by atoms with Gasteiger partial charge in [-0.2, -0.15) is 0 Å². The third kappa shape index (κ3) is 1.86. The van der Waals surface area contributed by atoms with Crippen LogP contribution in [0.4, 0.5) is 5.69 Å². The summed E-state index contributed by atoms with van der Waals surface area (Å²) >= 11 is 0. The van der Waals surface area contributed by atoms with Gasteiger partial charge in [-0.15, -0.1) is 0 Å². The van der Waals surface area contributed by atoms with Crippen molar-refractivity contribution < 1.29 is 9.90 Å². The summed E-state index contributed by atoms with van der Waals surface area (Å²) in [7, 11) is 0. The fourth-order valence-electron chi connectivity index (χ4n) is 1.43. The lowest BCUT2D eigenvalue weighted by Crippen LogP contribution is -1.96. The van der Waals surface area contributed by atoms with Gasteiger partial charge in [-0.3, -0.25) is 4.98 Å². The molecule has 0 aliphatic carbocycles. The number of nitrogen functional groups attached to an aromatic ring is 1. The number of pyridine rings is 1. The van der Waals surface area contributed by atoms with E-state index in [4.69, 9.17) is 10.8 Å². The highest BCUT2D eigenvalue weighted by molar-refractivity contribution is 5.88. The largest absolute Gasteiger partial charge is 0.478 e. The molecule has 0 aliphatic rings. The Bertz CT molecular complexity index is 521. The number of benzene rings is 1. The summed E-state index contributed by atoms with van der Waals surface area (Å²) in [5, 5.41) is 8.76. The Kier molecular flexibility index (Phi) is 2.55. The highest BCUT2D eigenvalue weighted by atomic mass is 16.4. The number of anilines is 1. The number of hydrogen-bond acceptors (Lipinski definition) is 3. The van der Waals surface area contributed by atoms with E-state index < -0.39 is 5.97 Å². The fourth-order valence-corrected chi connectivity index (χ4v) is 1.43. The van der Waals surface area contributed by atoms with E-state index in [1.165, 1.54) is 12.1 Å². The third-order valence-electron chi connectivity index (χ3n) is 2.24. The van der Waals surface area contributed by atoms with Crippen LogP contribution in [0.3, 0.4) is 0 Å². The van der Waals surface area contributed by atoms with Crippen molar-refractivity contribution in [3.63, 3.8) is 0 Å². The van der Waals surface area contributed by atoms with E-state index in [0.29, 0.717) is 11.4 Å². The van der Waals surface area contributed by atoms with Gasteiger partial charge in [0, 0.05) is 11.8 Å². The lowest BCUT2D eigenvalue weighted by molar-refractivity contribution is 0.0697. The Hall–Kier alpha value is -2.36. The van der Waals surface area contributed by atoms with E-state index >= 15 is 0 Å². The monoisotopic (exact) mass is 214 g/mol. The van der Waals surface area contributed by atoms with Crippen LogP contribution in [0.1, 0.15) is 10.4 Å². The Labute approximate surface area is 92.4 Å². The second-order valence-corrected chi connectivity index (χ2v) is 3.32. The normalized spacial score (nSPS) is 10.0. The first kappa shape index (κ1) is 10.2. The van der Waals surface area contributed by atoms with Crippen LogP contribution in [0.25, 0.3) is 11.3 Å². The van der Waals surface area contributed by atoms with E-state index in [9.17, 15) is 4.79 Å². The molecule has 0 saturated carbocycles. The summed E-state index contributed by atoms with van der Waals surface area (Å²) < 4.78 is 0. The smallest absolute Gasteiger partial charge is 0.335 e. The molecule has 0 spiro atoms. The number of aromatic nitrogens is 1. The molecule has 16 heavy (non-hydrogen) atoms. The van der Waals surface area contributed by atoms with Gasteiger partial charge in [0.25, 0.3) is 0 Å². The summed E-state index contributed by atoms with van der Waals surface area (Å²) in [6.07, 6.45) is 1.65. The zero-order valence-corrected chi connectivity index (χ0v) is 8.42. The molecule has 0 aliphatic heterocycles. The molecule has 0 fully saturated rings. The summed E-state index contributed by atoms with van der Waals surface area (Å²) in [6.45, 7) is 0. The van der Waals surface area contributed by atoms with Crippen molar-refractivity contribution in [3.05, 3.63) is 48.2 Å². The molecule has 0 unspecified atom stereocenters. The molecule has 4 nitrogen and oxygen atoms in total. The molecule has 3 N–H and O–H groups in total. The number of carbonyl (C=O) groups is 1. The quantitative estimate of drug-likeness (QED) is 0.801. The number of rotatable bonds is 2. The van der Waals surface area contributed by atoms with Gasteiger partial charge in [0.15, 0.2) is 0 Å².